The third-order valence-electron chi connectivity index (χ3n) is 3.57. The number of ether oxygens (including phenoxy) is 3. The first kappa shape index (κ1) is 14.2. The molecule has 1 N–H and O–H groups in total. The molecule has 0 amide bonds. The highest BCUT2D eigenvalue weighted by Gasteiger charge is 2.18. The fourth-order valence-corrected chi connectivity index (χ4v) is 2.24. The fraction of sp³-hybridized carbons (Fsp3) is 0.600. The van der Waals surface area contributed by atoms with Crippen molar-refractivity contribution < 1.29 is 14.2 Å². The molecule has 1 aromatic rings. The first-order chi connectivity index (χ1) is 9.24. The number of nitrogens with one attached hydrogen (secondary N) is 1. The standard InChI is InChI=1S/C15H23NO3/c1-11(16-2)14-7-6-12(17-3)9-15(14)19-10-13-5-4-8-18-13/h6-7,9,11,13,16H,4-5,8,10H2,1-3H3. The number of benzene rings is 1. The van der Waals surface area contributed by atoms with Crippen LogP contribution in [0.15, 0.2) is 18.2 Å². The first-order valence-electron chi connectivity index (χ1n) is 6.84. The molecule has 106 valence electrons. The normalized spacial score (nSPS) is 20.3. The van der Waals surface area contributed by atoms with E-state index in [2.05, 4.69) is 12.2 Å². The second-order valence-electron chi connectivity index (χ2n) is 4.86. The van der Waals surface area contributed by atoms with E-state index in [-0.39, 0.29) is 12.1 Å². The maximum absolute atomic E-state index is 5.94. The van der Waals surface area contributed by atoms with Gasteiger partial charge in [0.25, 0.3) is 0 Å². The van der Waals surface area contributed by atoms with Crippen LogP contribution < -0.4 is 14.8 Å². The Bertz CT molecular complexity index is 402. The zero-order chi connectivity index (χ0) is 13.7. The van der Waals surface area contributed by atoms with Crippen LogP contribution in [0, 0.1) is 0 Å². The molecule has 4 heteroatoms. The highest BCUT2D eigenvalue weighted by molar-refractivity contribution is 5.42. The van der Waals surface area contributed by atoms with Crippen LogP contribution in [0.4, 0.5) is 0 Å². The van der Waals surface area contributed by atoms with Gasteiger partial charge in [-0.05, 0) is 32.9 Å². The molecule has 1 saturated heterocycles. The molecule has 0 spiro atoms. The molecule has 1 aliphatic heterocycles. The summed E-state index contributed by atoms with van der Waals surface area (Å²) in [6.07, 6.45) is 2.44. The summed E-state index contributed by atoms with van der Waals surface area (Å²) in [6.45, 7) is 3.57. The van der Waals surface area contributed by atoms with E-state index < -0.39 is 0 Å². The smallest absolute Gasteiger partial charge is 0.127 e. The van der Waals surface area contributed by atoms with Gasteiger partial charge in [-0.1, -0.05) is 6.07 Å². The van der Waals surface area contributed by atoms with Gasteiger partial charge in [0.05, 0.1) is 13.2 Å². The van der Waals surface area contributed by atoms with E-state index in [1.54, 1.807) is 7.11 Å². The number of hydrogen-bond donors (Lipinski definition) is 1. The molecule has 4 nitrogen and oxygen atoms in total. The van der Waals surface area contributed by atoms with E-state index >= 15 is 0 Å². The van der Waals surface area contributed by atoms with Gasteiger partial charge in [-0.15, -0.1) is 0 Å². The number of rotatable bonds is 6. The molecule has 2 atom stereocenters. The van der Waals surface area contributed by atoms with Crippen LogP contribution in [0.1, 0.15) is 31.4 Å². The Kier molecular flexibility index (Phi) is 5.05. The van der Waals surface area contributed by atoms with Crippen LogP contribution in [-0.4, -0.2) is 33.5 Å². The fourth-order valence-electron chi connectivity index (χ4n) is 2.24. The van der Waals surface area contributed by atoms with Gasteiger partial charge in [-0.3, -0.25) is 0 Å². The van der Waals surface area contributed by atoms with Crippen molar-refractivity contribution in [3.8, 4) is 11.5 Å². The van der Waals surface area contributed by atoms with Crippen molar-refractivity contribution >= 4 is 0 Å². The van der Waals surface area contributed by atoms with Gasteiger partial charge in [0.1, 0.15) is 18.1 Å². The van der Waals surface area contributed by atoms with Gasteiger partial charge in [-0.2, -0.15) is 0 Å². The summed E-state index contributed by atoms with van der Waals surface area (Å²) in [6, 6.07) is 6.19. The summed E-state index contributed by atoms with van der Waals surface area (Å²) >= 11 is 0. The monoisotopic (exact) mass is 265 g/mol. The maximum Gasteiger partial charge on any atom is 0.127 e. The van der Waals surface area contributed by atoms with Crippen molar-refractivity contribution in [3.63, 3.8) is 0 Å². The Morgan fingerprint density at radius 1 is 1.47 bits per heavy atom. The molecular formula is C15H23NO3. The second kappa shape index (κ2) is 6.78. The van der Waals surface area contributed by atoms with Crippen molar-refractivity contribution in [2.75, 3.05) is 27.4 Å². The average Bonchev–Trinajstić information content (AvgIpc) is 2.97. The van der Waals surface area contributed by atoms with Gasteiger partial charge in [-0.25, -0.2) is 0 Å². The zero-order valence-electron chi connectivity index (χ0n) is 11.9. The van der Waals surface area contributed by atoms with E-state index in [1.807, 2.05) is 25.2 Å². The number of methoxy groups -OCH3 is 1. The lowest BCUT2D eigenvalue weighted by Crippen LogP contribution is -2.19. The van der Waals surface area contributed by atoms with Crippen molar-refractivity contribution in [1.29, 1.82) is 0 Å². The van der Waals surface area contributed by atoms with E-state index in [1.165, 1.54) is 0 Å². The van der Waals surface area contributed by atoms with E-state index in [4.69, 9.17) is 14.2 Å². The van der Waals surface area contributed by atoms with Gasteiger partial charge < -0.3 is 19.5 Å². The Morgan fingerprint density at radius 3 is 2.95 bits per heavy atom. The van der Waals surface area contributed by atoms with E-state index in [9.17, 15) is 0 Å². The van der Waals surface area contributed by atoms with Gasteiger partial charge >= 0.3 is 0 Å². The van der Waals surface area contributed by atoms with Crippen molar-refractivity contribution in [3.05, 3.63) is 23.8 Å². The summed E-state index contributed by atoms with van der Waals surface area (Å²) in [5, 5.41) is 3.23. The lowest BCUT2D eigenvalue weighted by molar-refractivity contribution is 0.0674. The lowest BCUT2D eigenvalue weighted by Gasteiger charge is -2.19. The van der Waals surface area contributed by atoms with Crippen molar-refractivity contribution in [2.45, 2.75) is 31.9 Å². The van der Waals surface area contributed by atoms with E-state index in [0.29, 0.717) is 6.61 Å². The molecule has 0 saturated carbocycles. The van der Waals surface area contributed by atoms with Crippen LogP contribution >= 0.6 is 0 Å². The van der Waals surface area contributed by atoms with Crippen molar-refractivity contribution in [1.82, 2.24) is 5.32 Å². The molecular weight excluding hydrogens is 242 g/mol. The minimum absolute atomic E-state index is 0.226. The Labute approximate surface area is 115 Å². The highest BCUT2D eigenvalue weighted by atomic mass is 16.5. The number of hydrogen-bond acceptors (Lipinski definition) is 4. The lowest BCUT2D eigenvalue weighted by atomic mass is 10.1. The molecule has 2 rings (SSSR count). The molecule has 1 aliphatic rings. The van der Waals surface area contributed by atoms with Crippen LogP contribution in [0.3, 0.4) is 0 Å². The summed E-state index contributed by atoms with van der Waals surface area (Å²) in [4.78, 5) is 0. The molecule has 0 aromatic heterocycles. The van der Waals surface area contributed by atoms with Crippen LogP contribution in [0.5, 0.6) is 11.5 Å². The van der Waals surface area contributed by atoms with Gasteiger partial charge in [0.2, 0.25) is 0 Å². The van der Waals surface area contributed by atoms with Crippen LogP contribution in [0.25, 0.3) is 0 Å². The molecule has 2 unspecified atom stereocenters. The van der Waals surface area contributed by atoms with E-state index in [0.717, 1.165) is 36.5 Å². The third-order valence-corrected chi connectivity index (χ3v) is 3.57. The Hall–Kier alpha value is -1.26. The molecule has 0 aliphatic carbocycles. The second-order valence-corrected chi connectivity index (χ2v) is 4.86. The van der Waals surface area contributed by atoms with Gasteiger partial charge in [0.15, 0.2) is 0 Å². The third kappa shape index (κ3) is 3.61. The summed E-state index contributed by atoms with van der Waals surface area (Å²) < 4.78 is 16.8. The molecule has 1 heterocycles. The van der Waals surface area contributed by atoms with Gasteiger partial charge in [0, 0.05) is 24.3 Å². The molecule has 0 bridgehead atoms. The van der Waals surface area contributed by atoms with Crippen LogP contribution in [-0.2, 0) is 4.74 Å². The molecule has 1 aromatic carbocycles. The molecule has 1 fully saturated rings. The summed E-state index contributed by atoms with van der Waals surface area (Å²) in [5.41, 5.74) is 1.14. The Morgan fingerprint density at radius 2 is 2.32 bits per heavy atom. The SMILES string of the molecule is CNC(C)c1ccc(OC)cc1OCC1CCCO1. The predicted octanol–water partition coefficient (Wildman–Crippen LogP) is 2.53. The largest absolute Gasteiger partial charge is 0.497 e. The minimum Gasteiger partial charge on any atom is -0.497 e. The summed E-state index contributed by atoms with van der Waals surface area (Å²) in [7, 11) is 3.61. The maximum atomic E-state index is 5.94. The first-order valence-corrected chi connectivity index (χ1v) is 6.84. The highest BCUT2D eigenvalue weighted by Crippen LogP contribution is 2.30. The quantitative estimate of drug-likeness (QED) is 0.858. The predicted molar refractivity (Wildman–Crippen MR) is 74.9 cm³/mol. The average molecular weight is 265 g/mol. The zero-order valence-corrected chi connectivity index (χ0v) is 11.9. The minimum atomic E-state index is 0.226. The molecule has 19 heavy (non-hydrogen) atoms. The molecule has 0 radical (unpaired) electrons. The van der Waals surface area contributed by atoms with Crippen molar-refractivity contribution in [2.24, 2.45) is 0 Å². The van der Waals surface area contributed by atoms with Crippen LogP contribution in [0.2, 0.25) is 0 Å². The topological polar surface area (TPSA) is 39.7 Å². The Balaban J connectivity index is 2.09. The summed E-state index contributed by atoms with van der Waals surface area (Å²) in [5.74, 6) is 1.69.